The molecule has 1 aromatic rings. The van der Waals surface area contributed by atoms with E-state index in [9.17, 15) is 13.6 Å². The number of rotatable bonds is 7. The van der Waals surface area contributed by atoms with E-state index < -0.39 is 6.09 Å². The summed E-state index contributed by atoms with van der Waals surface area (Å²) >= 11 is 5.24. The van der Waals surface area contributed by atoms with E-state index >= 15 is 0 Å². The second-order valence-corrected chi connectivity index (χ2v) is 8.11. The maximum absolute atomic E-state index is 14.8. The van der Waals surface area contributed by atoms with Crippen molar-refractivity contribution in [1.29, 1.82) is 0 Å². The second-order valence-electron chi connectivity index (χ2n) is 7.67. The molecular formula is C20H28F2N4O2S. The third-order valence-electron chi connectivity index (χ3n) is 5.26. The molecule has 6 nitrogen and oxygen atoms in total. The Morgan fingerprint density at radius 2 is 2.03 bits per heavy atom. The number of nitrogens with one attached hydrogen (secondary N) is 1. The Bertz CT molecular complexity index is 741. The highest BCUT2D eigenvalue weighted by Crippen LogP contribution is 2.28. The van der Waals surface area contributed by atoms with Crippen LogP contribution in [-0.4, -0.2) is 74.6 Å². The van der Waals surface area contributed by atoms with Crippen molar-refractivity contribution < 1.29 is 18.3 Å². The van der Waals surface area contributed by atoms with Crippen LogP contribution in [0, 0.1) is 11.7 Å². The molecule has 2 fully saturated rings. The molecule has 2 heterocycles. The van der Waals surface area contributed by atoms with Crippen LogP contribution >= 0.6 is 12.2 Å². The lowest BCUT2D eigenvalue weighted by Crippen LogP contribution is -2.47. The fourth-order valence-corrected chi connectivity index (χ4v) is 3.59. The molecule has 1 N–H and O–H groups in total. The van der Waals surface area contributed by atoms with E-state index in [-0.39, 0.29) is 24.5 Å². The first-order chi connectivity index (χ1) is 13.9. The number of hydrogen-bond acceptors (Lipinski definition) is 5. The van der Waals surface area contributed by atoms with Crippen LogP contribution < -0.4 is 15.1 Å². The topological polar surface area (TPSA) is 48.0 Å². The van der Waals surface area contributed by atoms with Gasteiger partial charge < -0.3 is 15.0 Å². The molecule has 1 unspecified atom stereocenters. The third-order valence-corrected chi connectivity index (χ3v) is 5.87. The molecule has 0 spiro atoms. The Morgan fingerprint density at radius 3 is 2.66 bits per heavy atom. The minimum absolute atomic E-state index is 0.221. The van der Waals surface area contributed by atoms with Gasteiger partial charge >= 0.3 is 6.09 Å². The van der Waals surface area contributed by atoms with Gasteiger partial charge in [0.2, 0.25) is 0 Å². The molecule has 2 saturated heterocycles. The molecule has 2 aliphatic rings. The minimum atomic E-state index is -0.487. The van der Waals surface area contributed by atoms with Gasteiger partial charge in [0.25, 0.3) is 0 Å². The number of cyclic esters (lactones) is 1. The third kappa shape index (κ3) is 5.33. The Labute approximate surface area is 175 Å². The summed E-state index contributed by atoms with van der Waals surface area (Å²) in [5.41, 5.74) is 0.975. The fraction of sp³-hybridized carbons (Fsp3) is 0.600. The number of amides is 1. The zero-order valence-corrected chi connectivity index (χ0v) is 17.7. The van der Waals surface area contributed by atoms with Crippen molar-refractivity contribution in [2.24, 2.45) is 5.92 Å². The van der Waals surface area contributed by atoms with E-state index in [2.05, 4.69) is 5.32 Å². The van der Waals surface area contributed by atoms with Gasteiger partial charge in [-0.05, 0) is 18.2 Å². The molecule has 0 radical (unpaired) electrons. The molecular weight excluding hydrogens is 398 g/mol. The predicted molar refractivity (Wildman–Crippen MR) is 114 cm³/mol. The summed E-state index contributed by atoms with van der Waals surface area (Å²) in [6.45, 7) is 7.51. The van der Waals surface area contributed by atoms with Crippen LogP contribution in [0.3, 0.4) is 0 Å². The Morgan fingerprint density at radius 1 is 1.31 bits per heavy atom. The van der Waals surface area contributed by atoms with Crippen molar-refractivity contribution in [3.63, 3.8) is 0 Å². The van der Waals surface area contributed by atoms with Gasteiger partial charge in [0.15, 0.2) is 0 Å². The smallest absolute Gasteiger partial charge is 0.414 e. The first-order valence-corrected chi connectivity index (χ1v) is 10.4. The maximum atomic E-state index is 14.8. The molecule has 1 atom stereocenters. The van der Waals surface area contributed by atoms with Gasteiger partial charge in [0, 0.05) is 38.6 Å². The summed E-state index contributed by atoms with van der Waals surface area (Å²) in [5.74, 6) is -0.157. The van der Waals surface area contributed by atoms with Crippen LogP contribution in [0.2, 0.25) is 0 Å². The molecule has 1 amide bonds. The first kappa shape index (κ1) is 21.7. The lowest BCUT2D eigenvalue weighted by atomic mass is 10.2. The van der Waals surface area contributed by atoms with Crippen molar-refractivity contribution in [2.45, 2.75) is 20.0 Å². The monoisotopic (exact) mass is 426 g/mol. The number of anilines is 2. The number of carbonyl (C=O) groups excluding carboxylic acids is 1. The molecule has 1 aromatic carbocycles. The molecule has 0 saturated carbocycles. The summed E-state index contributed by atoms with van der Waals surface area (Å²) in [7, 11) is 0. The van der Waals surface area contributed by atoms with Crippen molar-refractivity contribution >= 4 is 34.7 Å². The molecule has 160 valence electrons. The average molecular weight is 427 g/mol. The van der Waals surface area contributed by atoms with Gasteiger partial charge in [-0.1, -0.05) is 26.1 Å². The Balaban J connectivity index is 1.60. The van der Waals surface area contributed by atoms with Gasteiger partial charge in [-0.3, -0.25) is 9.80 Å². The van der Waals surface area contributed by atoms with E-state index in [4.69, 9.17) is 17.0 Å². The number of halogens is 2. The number of nitrogens with zero attached hydrogens (tertiary/aromatic N) is 3. The second kappa shape index (κ2) is 9.67. The normalized spacial score (nSPS) is 20.3. The molecule has 29 heavy (non-hydrogen) atoms. The summed E-state index contributed by atoms with van der Waals surface area (Å²) in [6, 6.07) is 4.81. The van der Waals surface area contributed by atoms with E-state index in [1.165, 1.54) is 11.0 Å². The molecule has 3 rings (SSSR count). The van der Waals surface area contributed by atoms with Gasteiger partial charge in [0.1, 0.15) is 18.6 Å². The lowest BCUT2D eigenvalue weighted by Gasteiger charge is -2.35. The maximum Gasteiger partial charge on any atom is 0.414 e. The van der Waals surface area contributed by atoms with Gasteiger partial charge in [-0.2, -0.15) is 0 Å². The van der Waals surface area contributed by atoms with Crippen LogP contribution in [0.25, 0.3) is 0 Å². The number of piperazine rings is 1. The van der Waals surface area contributed by atoms with Crippen molar-refractivity contribution in [2.75, 3.05) is 62.3 Å². The first-order valence-electron chi connectivity index (χ1n) is 9.97. The van der Waals surface area contributed by atoms with E-state index in [0.29, 0.717) is 57.2 Å². The highest BCUT2D eigenvalue weighted by molar-refractivity contribution is 7.80. The molecule has 2 aliphatic heterocycles. The summed E-state index contributed by atoms with van der Waals surface area (Å²) in [5, 5.41) is 3.11. The number of carbonyl (C=O) groups is 1. The average Bonchev–Trinajstić information content (AvgIpc) is 3.07. The Hall–Kier alpha value is -2.00. The van der Waals surface area contributed by atoms with Gasteiger partial charge in [-0.15, -0.1) is 0 Å². The SMILES string of the molecule is CC(C)C(=S)NCC1CN(c2ccc(N3CCN(CCF)CC3)c(F)c2)C(=O)O1. The highest BCUT2D eigenvalue weighted by atomic mass is 32.1. The van der Waals surface area contributed by atoms with Crippen molar-refractivity contribution in [1.82, 2.24) is 10.2 Å². The Kier molecular flexibility index (Phi) is 7.23. The fourth-order valence-electron chi connectivity index (χ4n) is 3.51. The van der Waals surface area contributed by atoms with Crippen LogP contribution in [0.4, 0.5) is 25.0 Å². The van der Waals surface area contributed by atoms with Crippen LogP contribution in [0.15, 0.2) is 18.2 Å². The molecule has 0 aromatic heterocycles. The molecule has 0 aliphatic carbocycles. The zero-order chi connectivity index (χ0) is 21.0. The summed E-state index contributed by atoms with van der Waals surface area (Å²) in [6.07, 6.45) is -0.829. The van der Waals surface area contributed by atoms with Crippen molar-refractivity contribution in [3.05, 3.63) is 24.0 Å². The number of benzene rings is 1. The number of alkyl halides is 1. The largest absolute Gasteiger partial charge is 0.442 e. The van der Waals surface area contributed by atoms with Crippen LogP contribution in [0.5, 0.6) is 0 Å². The van der Waals surface area contributed by atoms with Crippen molar-refractivity contribution in [3.8, 4) is 0 Å². The standard InChI is InChI=1S/C20H28F2N4O2S/c1-14(2)19(29)23-12-16-13-26(20(27)28-16)15-3-4-18(17(22)11-15)25-9-7-24(6-5-21)8-10-25/h3-4,11,14,16H,5-10,12-13H2,1-2H3,(H,23,29). The number of ether oxygens (including phenoxy) is 1. The quantitative estimate of drug-likeness (QED) is 0.677. The predicted octanol–water partition coefficient (Wildman–Crippen LogP) is 2.82. The van der Waals surface area contributed by atoms with Gasteiger partial charge in [-0.25, -0.2) is 13.6 Å². The zero-order valence-electron chi connectivity index (χ0n) is 16.9. The van der Waals surface area contributed by atoms with Crippen LogP contribution in [0.1, 0.15) is 13.8 Å². The van der Waals surface area contributed by atoms with E-state index in [1.54, 1.807) is 12.1 Å². The summed E-state index contributed by atoms with van der Waals surface area (Å²) in [4.78, 5) is 18.4. The van der Waals surface area contributed by atoms with Crippen LogP contribution in [-0.2, 0) is 4.74 Å². The minimum Gasteiger partial charge on any atom is -0.442 e. The van der Waals surface area contributed by atoms with E-state index in [0.717, 1.165) is 4.99 Å². The van der Waals surface area contributed by atoms with Gasteiger partial charge in [0.05, 0.1) is 29.5 Å². The number of hydrogen-bond donors (Lipinski definition) is 1. The number of thiocarbonyl (C=S) groups is 1. The highest BCUT2D eigenvalue weighted by Gasteiger charge is 2.33. The molecule has 9 heteroatoms. The summed E-state index contributed by atoms with van der Waals surface area (Å²) < 4.78 is 32.6. The molecule has 0 bridgehead atoms. The van der Waals surface area contributed by atoms with E-state index in [1.807, 2.05) is 23.6 Å². The lowest BCUT2D eigenvalue weighted by molar-refractivity contribution is 0.143.